The first-order valence-electron chi connectivity index (χ1n) is 5.84. The van der Waals surface area contributed by atoms with Gasteiger partial charge in [-0.05, 0) is 25.0 Å². The predicted molar refractivity (Wildman–Crippen MR) is 66.9 cm³/mol. The molecule has 0 aliphatic carbocycles. The molecule has 88 valence electrons. The summed E-state index contributed by atoms with van der Waals surface area (Å²) in [5, 5.41) is 0.387. The van der Waals surface area contributed by atoms with Gasteiger partial charge in [-0.3, -0.25) is 4.79 Å². The summed E-state index contributed by atoms with van der Waals surface area (Å²) in [6.45, 7) is 4.21. The molecule has 0 radical (unpaired) electrons. The van der Waals surface area contributed by atoms with Crippen LogP contribution in [0.1, 0.15) is 49.9 Å². The second-order valence-corrected chi connectivity index (χ2v) is 4.39. The van der Waals surface area contributed by atoms with Crippen LogP contribution in [0.15, 0.2) is 18.3 Å². The molecule has 0 fully saturated rings. The van der Waals surface area contributed by atoms with E-state index in [4.69, 9.17) is 11.6 Å². The fraction of sp³-hybridized carbons (Fsp3) is 0.538. The first-order chi connectivity index (χ1) is 7.69. The Morgan fingerprint density at radius 1 is 1.38 bits per heavy atom. The molecular weight excluding hydrogens is 222 g/mol. The molecule has 0 saturated heterocycles. The lowest BCUT2D eigenvalue weighted by Crippen LogP contribution is -2.14. The van der Waals surface area contributed by atoms with Crippen LogP contribution >= 0.6 is 11.6 Å². The smallest absolute Gasteiger partial charge is 0.166 e. The second-order valence-electron chi connectivity index (χ2n) is 4.01. The first kappa shape index (κ1) is 13.2. The van der Waals surface area contributed by atoms with Gasteiger partial charge in [-0.1, -0.05) is 38.3 Å². The molecule has 0 saturated carbocycles. The standard InChI is InChI=1S/C13H18ClNO/c1-3-5-10(6-4-2)13(16)11-7-8-15-12(14)9-11/h7-10H,3-6H2,1-2H3. The number of rotatable bonds is 6. The van der Waals surface area contributed by atoms with E-state index >= 15 is 0 Å². The van der Waals surface area contributed by atoms with Crippen molar-refractivity contribution in [3.63, 3.8) is 0 Å². The van der Waals surface area contributed by atoms with Gasteiger partial charge >= 0.3 is 0 Å². The average Bonchev–Trinajstić information content (AvgIpc) is 2.28. The molecule has 0 spiro atoms. The maximum absolute atomic E-state index is 12.2. The SMILES string of the molecule is CCCC(CCC)C(=O)c1ccnc(Cl)c1. The number of Topliss-reactive ketones (excluding diaryl/α,β-unsaturated/α-hetero) is 1. The lowest BCUT2D eigenvalue weighted by Gasteiger charge is -2.13. The van der Waals surface area contributed by atoms with Crippen molar-refractivity contribution in [3.8, 4) is 0 Å². The van der Waals surface area contributed by atoms with Gasteiger partial charge in [0.25, 0.3) is 0 Å². The number of carbonyl (C=O) groups is 1. The quantitative estimate of drug-likeness (QED) is 0.552. The minimum absolute atomic E-state index is 0.133. The molecule has 0 unspecified atom stereocenters. The van der Waals surface area contributed by atoms with Crippen LogP contribution in [0, 0.1) is 5.92 Å². The lowest BCUT2D eigenvalue weighted by atomic mass is 9.90. The van der Waals surface area contributed by atoms with Crippen molar-refractivity contribution in [1.82, 2.24) is 4.98 Å². The van der Waals surface area contributed by atoms with E-state index in [-0.39, 0.29) is 11.7 Å². The zero-order valence-corrected chi connectivity index (χ0v) is 10.6. The average molecular weight is 240 g/mol. The Kier molecular flexibility index (Phi) is 5.47. The zero-order valence-electron chi connectivity index (χ0n) is 9.87. The topological polar surface area (TPSA) is 30.0 Å². The van der Waals surface area contributed by atoms with Crippen molar-refractivity contribution in [3.05, 3.63) is 29.0 Å². The third kappa shape index (κ3) is 3.60. The molecule has 3 heteroatoms. The number of hydrogen-bond acceptors (Lipinski definition) is 2. The summed E-state index contributed by atoms with van der Waals surface area (Å²) in [4.78, 5) is 16.1. The van der Waals surface area contributed by atoms with Gasteiger partial charge in [-0.15, -0.1) is 0 Å². The van der Waals surface area contributed by atoms with Crippen molar-refractivity contribution >= 4 is 17.4 Å². The van der Waals surface area contributed by atoms with Crippen LogP contribution in [0.3, 0.4) is 0 Å². The summed E-state index contributed by atoms with van der Waals surface area (Å²) in [6.07, 6.45) is 5.56. The van der Waals surface area contributed by atoms with E-state index in [0.717, 1.165) is 25.7 Å². The molecular formula is C13H18ClNO. The highest BCUT2D eigenvalue weighted by Crippen LogP contribution is 2.20. The number of pyridine rings is 1. The number of carbonyl (C=O) groups excluding carboxylic acids is 1. The molecule has 1 aromatic heterocycles. The van der Waals surface area contributed by atoms with E-state index < -0.39 is 0 Å². The normalized spacial score (nSPS) is 10.8. The van der Waals surface area contributed by atoms with Gasteiger partial charge in [0.2, 0.25) is 0 Å². The van der Waals surface area contributed by atoms with E-state index in [1.165, 1.54) is 0 Å². The van der Waals surface area contributed by atoms with Crippen molar-refractivity contribution in [2.45, 2.75) is 39.5 Å². The van der Waals surface area contributed by atoms with Gasteiger partial charge in [0, 0.05) is 17.7 Å². The van der Waals surface area contributed by atoms with E-state index in [0.29, 0.717) is 10.7 Å². The van der Waals surface area contributed by atoms with Gasteiger partial charge < -0.3 is 0 Å². The maximum atomic E-state index is 12.2. The lowest BCUT2D eigenvalue weighted by molar-refractivity contribution is 0.0905. The van der Waals surface area contributed by atoms with Crippen LogP contribution in [0.5, 0.6) is 0 Å². The summed E-state index contributed by atoms with van der Waals surface area (Å²) in [5.41, 5.74) is 0.687. The molecule has 0 atom stereocenters. The summed E-state index contributed by atoms with van der Waals surface area (Å²) in [6, 6.07) is 3.40. The summed E-state index contributed by atoms with van der Waals surface area (Å²) in [5.74, 6) is 0.335. The number of ketones is 1. The third-order valence-electron chi connectivity index (χ3n) is 2.66. The van der Waals surface area contributed by atoms with Crippen molar-refractivity contribution in [2.75, 3.05) is 0 Å². The Morgan fingerprint density at radius 3 is 2.50 bits per heavy atom. The molecule has 0 amide bonds. The van der Waals surface area contributed by atoms with Gasteiger partial charge in [-0.2, -0.15) is 0 Å². The molecule has 1 rings (SSSR count). The largest absolute Gasteiger partial charge is 0.294 e. The summed E-state index contributed by atoms with van der Waals surface area (Å²) >= 11 is 5.78. The van der Waals surface area contributed by atoms with Crippen molar-refractivity contribution in [1.29, 1.82) is 0 Å². The fourth-order valence-corrected chi connectivity index (χ4v) is 2.07. The molecule has 2 nitrogen and oxygen atoms in total. The zero-order chi connectivity index (χ0) is 12.0. The molecule has 0 aliphatic rings. The fourth-order valence-electron chi connectivity index (χ4n) is 1.89. The summed E-state index contributed by atoms with van der Waals surface area (Å²) < 4.78 is 0. The van der Waals surface area contributed by atoms with E-state index in [1.54, 1.807) is 18.3 Å². The number of nitrogens with zero attached hydrogens (tertiary/aromatic N) is 1. The van der Waals surface area contributed by atoms with Crippen LogP contribution < -0.4 is 0 Å². The van der Waals surface area contributed by atoms with Crippen LogP contribution in [0.4, 0.5) is 0 Å². The second kappa shape index (κ2) is 6.64. The van der Waals surface area contributed by atoms with Crippen LogP contribution in [0.25, 0.3) is 0 Å². The minimum Gasteiger partial charge on any atom is -0.294 e. The number of aromatic nitrogens is 1. The summed E-state index contributed by atoms with van der Waals surface area (Å²) in [7, 11) is 0. The maximum Gasteiger partial charge on any atom is 0.166 e. The van der Waals surface area contributed by atoms with Gasteiger partial charge in [0.15, 0.2) is 5.78 Å². The van der Waals surface area contributed by atoms with Crippen LogP contribution in [-0.4, -0.2) is 10.8 Å². The van der Waals surface area contributed by atoms with Gasteiger partial charge in [-0.25, -0.2) is 4.98 Å². The first-order valence-corrected chi connectivity index (χ1v) is 6.22. The molecule has 0 bridgehead atoms. The Bertz CT molecular complexity index is 346. The van der Waals surface area contributed by atoms with Crippen LogP contribution in [0.2, 0.25) is 5.15 Å². The monoisotopic (exact) mass is 239 g/mol. The highest BCUT2D eigenvalue weighted by molar-refractivity contribution is 6.29. The minimum atomic E-state index is 0.133. The van der Waals surface area contributed by atoms with Crippen molar-refractivity contribution in [2.24, 2.45) is 5.92 Å². The van der Waals surface area contributed by atoms with E-state index in [9.17, 15) is 4.79 Å². The third-order valence-corrected chi connectivity index (χ3v) is 2.86. The molecule has 1 heterocycles. The number of hydrogen-bond donors (Lipinski definition) is 0. The Balaban J connectivity index is 2.81. The van der Waals surface area contributed by atoms with E-state index in [2.05, 4.69) is 18.8 Å². The highest BCUT2D eigenvalue weighted by atomic mass is 35.5. The Hall–Kier alpha value is -0.890. The molecule has 0 N–H and O–H groups in total. The molecule has 16 heavy (non-hydrogen) atoms. The highest BCUT2D eigenvalue weighted by Gasteiger charge is 2.18. The van der Waals surface area contributed by atoms with E-state index in [1.807, 2.05) is 0 Å². The molecule has 0 aliphatic heterocycles. The Labute approximate surface area is 102 Å². The van der Waals surface area contributed by atoms with Gasteiger partial charge in [0.05, 0.1) is 0 Å². The Morgan fingerprint density at radius 2 is 2.00 bits per heavy atom. The van der Waals surface area contributed by atoms with Crippen molar-refractivity contribution < 1.29 is 4.79 Å². The molecule has 1 aromatic rings. The predicted octanol–water partition coefficient (Wildman–Crippen LogP) is 4.13. The number of halogens is 1. The molecule has 0 aromatic carbocycles. The van der Waals surface area contributed by atoms with Gasteiger partial charge in [0.1, 0.15) is 5.15 Å². The van der Waals surface area contributed by atoms with Crippen LogP contribution in [-0.2, 0) is 0 Å².